The first-order valence-corrected chi connectivity index (χ1v) is 9.94. The molecule has 0 saturated heterocycles. The van der Waals surface area contributed by atoms with Crippen molar-refractivity contribution in [3.63, 3.8) is 0 Å². The first kappa shape index (κ1) is 19.8. The van der Waals surface area contributed by atoms with Gasteiger partial charge in [-0.1, -0.05) is 74.7 Å². The number of carbonyl (C=O) groups excluding carboxylic acids is 1. The Hall–Kier alpha value is -2.95. The van der Waals surface area contributed by atoms with Crippen LogP contribution in [0.5, 0.6) is 0 Å². The second-order valence-corrected chi connectivity index (χ2v) is 7.21. The molecule has 3 rings (SSSR count). The molecule has 5 nitrogen and oxygen atoms in total. The lowest BCUT2D eigenvalue weighted by atomic mass is 10.1. The molecule has 1 heterocycles. The van der Waals surface area contributed by atoms with Gasteiger partial charge in [0.15, 0.2) is 5.69 Å². The lowest BCUT2D eigenvalue weighted by molar-refractivity contribution is 0.0932. The van der Waals surface area contributed by atoms with Crippen LogP contribution in [0.15, 0.2) is 59.4 Å². The molecule has 0 aliphatic rings. The molecular weight excluding hydrogens is 350 g/mol. The van der Waals surface area contributed by atoms with Gasteiger partial charge < -0.3 is 5.32 Å². The van der Waals surface area contributed by atoms with E-state index in [2.05, 4.69) is 17.3 Å². The van der Waals surface area contributed by atoms with Crippen LogP contribution in [-0.4, -0.2) is 21.7 Å². The van der Waals surface area contributed by atoms with E-state index in [-0.39, 0.29) is 17.5 Å². The standard InChI is InChI=1S/C23H27N3O2/c1-3-4-6-11-17(2)24-22(27)21-19-14-9-10-15-20(19)23(28)26(25-21)16-18-12-7-5-8-13-18/h5,7-10,12-15,17H,3-4,6,11,16H2,1-2H3,(H,24,27)/t17-/m0/s1. The monoisotopic (exact) mass is 377 g/mol. The quantitative estimate of drug-likeness (QED) is 0.600. The van der Waals surface area contributed by atoms with E-state index in [9.17, 15) is 9.59 Å². The third kappa shape index (κ3) is 4.66. The smallest absolute Gasteiger partial charge is 0.274 e. The van der Waals surface area contributed by atoms with Crippen molar-refractivity contribution in [2.24, 2.45) is 0 Å². The Morgan fingerprint density at radius 2 is 1.71 bits per heavy atom. The van der Waals surface area contributed by atoms with E-state index in [1.807, 2.05) is 49.4 Å². The second-order valence-electron chi connectivity index (χ2n) is 7.21. The molecule has 0 bridgehead atoms. The Morgan fingerprint density at radius 1 is 1.04 bits per heavy atom. The molecule has 0 radical (unpaired) electrons. The lowest BCUT2D eigenvalue weighted by Crippen LogP contribution is -2.35. The van der Waals surface area contributed by atoms with Gasteiger partial charge >= 0.3 is 0 Å². The number of hydrogen-bond donors (Lipinski definition) is 1. The van der Waals surface area contributed by atoms with Gasteiger partial charge in [-0.2, -0.15) is 5.10 Å². The molecule has 0 unspecified atom stereocenters. The van der Waals surface area contributed by atoms with Gasteiger partial charge in [0.1, 0.15) is 0 Å². The van der Waals surface area contributed by atoms with E-state index in [0.29, 0.717) is 23.0 Å². The van der Waals surface area contributed by atoms with E-state index in [0.717, 1.165) is 31.2 Å². The van der Waals surface area contributed by atoms with E-state index in [1.54, 1.807) is 12.1 Å². The van der Waals surface area contributed by atoms with E-state index >= 15 is 0 Å². The van der Waals surface area contributed by atoms with Crippen molar-refractivity contribution < 1.29 is 4.79 Å². The summed E-state index contributed by atoms with van der Waals surface area (Å²) in [5.41, 5.74) is 1.08. The number of hydrogen-bond acceptors (Lipinski definition) is 3. The molecule has 146 valence electrons. The van der Waals surface area contributed by atoms with Crippen molar-refractivity contribution in [3.8, 4) is 0 Å². The highest BCUT2D eigenvalue weighted by Crippen LogP contribution is 2.14. The summed E-state index contributed by atoms with van der Waals surface area (Å²) < 4.78 is 1.38. The maximum atomic E-state index is 12.9. The van der Waals surface area contributed by atoms with E-state index in [1.165, 1.54) is 4.68 Å². The normalized spacial score (nSPS) is 12.1. The van der Waals surface area contributed by atoms with Gasteiger partial charge in [0.2, 0.25) is 0 Å². The number of fused-ring (bicyclic) bond motifs is 1. The van der Waals surface area contributed by atoms with E-state index in [4.69, 9.17) is 0 Å². The van der Waals surface area contributed by atoms with Gasteiger partial charge in [0, 0.05) is 11.4 Å². The SMILES string of the molecule is CCCCC[C@H](C)NC(=O)c1nn(Cc2ccccc2)c(=O)c2ccccc12. The predicted octanol–water partition coefficient (Wildman–Crippen LogP) is 4.14. The molecule has 1 aromatic heterocycles. The largest absolute Gasteiger partial charge is 0.348 e. The minimum atomic E-state index is -0.234. The highest BCUT2D eigenvalue weighted by Gasteiger charge is 2.18. The number of rotatable bonds is 8. The fourth-order valence-corrected chi connectivity index (χ4v) is 3.33. The summed E-state index contributed by atoms with van der Waals surface area (Å²) >= 11 is 0. The number of benzene rings is 2. The molecule has 0 fully saturated rings. The number of nitrogens with one attached hydrogen (secondary N) is 1. The summed E-state index contributed by atoms with van der Waals surface area (Å²) in [5, 5.41) is 8.58. The average molecular weight is 377 g/mol. The van der Waals surface area contributed by atoms with Crippen molar-refractivity contribution >= 4 is 16.7 Å². The molecule has 0 aliphatic carbocycles. The highest BCUT2D eigenvalue weighted by molar-refractivity contribution is 6.04. The van der Waals surface area contributed by atoms with Crippen LogP contribution in [0.3, 0.4) is 0 Å². The van der Waals surface area contributed by atoms with Crippen molar-refractivity contribution in [1.82, 2.24) is 15.1 Å². The van der Waals surface area contributed by atoms with Gasteiger partial charge in [-0.25, -0.2) is 4.68 Å². The van der Waals surface area contributed by atoms with Crippen molar-refractivity contribution in [1.29, 1.82) is 0 Å². The molecule has 0 spiro atoms. The molecule has 0 aliphatic heterocycles. The molecule has 1 atom stereocenters. The molecule has 5 heteroatoms. The third-order valence-electron chi connectivity index (χ3n) is 4.88. The lowest BCUT2D eigenvalue weighted by Gasteiger charge is -2.15. The topological polar surface area (TPSA) is 64.0 Å². The van der Waals surface area contributed by atoms with Crippen LogP contribution in [0, 0.1) is 0 Å². The number of amides is 1. The molecule has 1 N–H and O–H groups in total. The number of aromatic nitrogens is 2. The van der Waals surface area contributed by atoms with Crippen LogP contribution >= 0.6 is 0 Å². The number of unbranched alkanes of at least 4 members (excludes halogenated alkanes) is 2. The first-order chi connectivity index (χ1) is 13.6. The summed E-state index contributed by atoms with van der Waals surface area (Å²) in [6, 6.07) is 16.9. The van der Waals surface area contributed by atoms with Crippen molar-refractivity contribution in [2.45, 2.75) is 52.1 Å². The Bertz CT molecular complexity index is 996. The highest BCUT2D eigenvalue weighted by atomic mass is 16.2. The first-order valence-electron chi connectivity index (χ1n) is 9.94. The maximum Gasteiger partial charge on any atom is 0.274 e. The van der Waals surface area contributed by atoms with Crippen LogP contribution in [0.25, 0.3) is 10.8 Å². The molecule has 1 amide bonds. The maximum absolute atomic E-state index is 12.9. The zero-order valence-corrected chi connectivity index (χ0v) is 16.5. The van der Waals surface area contributed by atoms with Crippen LogP contribution in [0.4, 0.5) is 0 Å². The zero-order chi connectivity index (χ0) is 19.9. The minimum Gasteiger partial charge on any atom is -0.348 e. The fraction of sp³-hybridized carbons (Fsp3) is 0.348. The Morgan fingerprint density at radius 3 is 2.43 bits per heavy atom. The van der Waals surface area contributed by atoms with Gasteiger partial charge in [-0.05, 0) is 25.0 Å². The fourth-order valence-electron chi connectivity index (χ4n) is 3.33. The van der Waals surface area contributed by atoms with Crippen molar-refractivity contribution in [2.75, 3.05) is 0 Å². The summed E-state index contributed by atoms with van der Waals surface area (Å²) in [6.45, 7) is 4.50. The average Bonchev–Trinajstić information content (AvgIpc) is 2.71. The van der Waals surface area contributed by atoms with Gasteiger partial charge in [-0.3, -0.25) is 9.59 Å². The number of carbonyl (C=O) groups is 1. The van der Waals surface area contributed by atoms with Crippen LogP contribution in [0.2, 0.25) is 0 Å². The van der Waals surface area contributed by atoms with Crippen LogP contribution < -0.4 is 10.9 Å². The van der Waals surface area contributed by atoms with Crippen LogP contribution in [-0.2, 0) is 6.54 Å². The second kappa shape index (κ2) is 9.31. The molecule has 3 aromatic rings. The Balaban J connectivity index is 1.93. The van der Waals surface area contributed by atoms with E-state index < -0.39 is 0 Å². The van der Waals surface area contributed by atoms with Gasteiger partial charge in [0.05, 0.1) is 11.9 Å². The van der Waals surface area contributed by atoms with Crippen molar-refractivity contribution in [3.05, 3.63) is 76.2 Å². The molecule has 28 heavy (non-hydrogen) atoms. The minimum absolute atomic E-state index is 0.0640. The predicted molar refractivity (Wildman–Crippen MR) is 113 cm³/mol. The van der Waals surface area contributed by atoms with Gasteiger partial charge in [0.25, 0.3) is 11.5 Å². The molecular formula is C23H27N3O2. The summed E-state index contributed by atoms with van der Waals surface area (Å²) in [7, 11) is 0. The van der Waals surface area contributed by atoms with Crippen LogP contribution in [0.1, 0.15) is 55.6 Å². The zero-order valence-electron chi connectivity index (χ0n) is 16.5. The Labute approximate surface area is 165 Å². The molecule has 0 saturated carbocycles. The third-order valence-corrected chi connectivity index (χ3v) is 4.88. The summed E-state index contributed by atoms with van der Waals surface area (Å²) in [6.07, 6.45) is 4.32. The number of nitrogens with zero attached hydrogens (tertiary/aromatic N) is 2. The summed E-state index contributed by atoms with van der Waals surface area (Å²) in [4.78, 5) is 25.8. The molecule has 2 aromatic carbocycles. The Kier molecular flexibility index (Phi) is 6.58. The van der Waals surface area contributed by atoms with Gasteiger partial charge in [-0.15, -0.1) is 0 Å². The summed E-state index contributed by atoms with van der Waals surface area (Å²) in [5.74, 6) is -0.234.